The maximum Gasteiger partial charge on any atom is 0.264 e. The van der Waals surface area contributed by atoms with E-state index in [9.17, 15) is 9.18 Å². The lowest BCUT2D eigenvalue weighted by Gasteiger charge is -2.29. The molecular formula is C22H22FNO3S. The summed E-state index contributed by atoms with van der Waals surface area (Å²) < 4.78 is 26.1. The summed E-state index contributed by atoms with van der Waals surface area (Å²) in [7, 11) is 1.56. The van der Waals surface area contributed by atoms with Crippen molar-refractivity contribution < 1.29 is 18.7 Å². The van der Waals surface area contributed by atoms with Gasteiger partial charge in [-0.1, -0.05) is 12.1 Å². The first kappa shape index (κ1) is 18.9. The molecule has 4 nitrogen and oxygen atoms in total. The van der Waals surface area contributed by atoms with Crippen molar-refractivity contribution in [2.45, 2.75) is 26.5 Å². The van der Waals surface area contributed by atoms with Crippen LogP contribution in [-0.2, 0) is 24.3 Å². The SMILES string of the molecule is CCOc1ccc2c(c1)CN(C(=O)c1sc3cccc(F)c3c1COC)CC2. The quantitative estimate of drug-likeness (QED) is 0.620. The van der Waals surface area contributed by atoms with Crippen molar-refractivity contribution in [2.75, 3.05) is 20.3 Å². The maximum atomic E-state index is 14.4. The summed E-state index contributed by atoms with van der Waals surface area (Å²) in [4.78, 5) is 15.7. The summed E-state index contributed by atoms with van der Waals surface area (Å²) in [6, 6.07) is 11.0. The van der Waals surface area contributed by atoms with Gasteiger partial charge in [-0.05, 0) is 48.7 Å². The Hall–Kier alpha value is -2.44. The highest BCUT2D eigenvalue weighted by Gasteiger charge is 2.27. The van der Waals surface area contributed by atoms with Crippen molar-refractivity contribution in [2.24, 2.45) is 0 Å². The van der Waals surface area contributed by atoms with E-state index in [1.54, 1.807) is 13.2 Å². The van der Waals surface area contributed by atoms with Crippen molar-refractivity contribution in [1.82, 2.24) is 4.90 Å². The van der Waals surface area contributed by atoms with E-state index in [2.05, 4.69) is 6.07 Å². The number of methoxy groups -OCH3 is 1. The molecule has 28 heavy (non-hydrogen) atoms. The van der Waals surface area contributed by atoms with Gasteiger partial charge in [-0.3, -0.25) is 4.79 Å². The van der Waals surface area contributed by atoms with Crippen LogP contribution in [0.5, 0.6) is 5.75 Å². The molecule has 1 aromatic heterocycles. The van der Waals surface area contributed by atoms with Crippen molar-refractivity contribution in [3.63, 3.8) is 0 Å². The summed E-state index contributed by atoms with van der Waals surface area (Å²) >= 11 is 1.34. The van der Waals surface area contributed by atoms with Crippen LogP contribution in [0.1, 0.15) is 33.3 Å². The fraction of sp³-hybridized carbons (Fsp3) is 0.318. The van der Waals surface area contributed by atoms with Gasteiger partial charge in [0.05, 0.1) is 18.1 Å². The molecule has 0 saturated heterocycles. The Morgan fingerprint density at radius 1 is 1.25 bits per heavy atom. The predicted molar refractivity (Wildman–Crippen MR) is 109 cm³/mol. The van der Waals surface area contributed by atoms with E-state index in [-0.39, 0.29) is 18.3 Å². The van der Waals surface area contributed by atoms with Crippen molar-refractivity contribution >= 4 is 27.3 Å². The molecule has 0 N–H and O–H groups in total. The van der Waals surface area contributed by atoms with E-state index in [4.69, 9.17) is 9.47 Å². The molecule has 146 valence electrons. The van der Waals surface area contributed by atoms with Gasteiger partial charge in [-0.25, -0.2) is 4.39 Å². The zero-order valence-corrected chi connectivity index (χ0v) is 16.8. The number of nitrogens with zero attached hydrogens (tertiary/aromatic N) is 1. The molecule has 1 aliphatic rings. The third-order valence-corrected chi connectivity index (χ3v) is 6.22. The van der Waals surface area contributed by atoms with Crippen LogP contribution in [0, 0.1) is 5.82 Å². The summed E-state index contributed by atoms with van der Waals surface area (Å²) in [6.45, 7) is 3.93. The first-order valence-electron chi connectivity index (χ1n) is 9.35. The first-order chi connectivity index (χ1) is 13.6. The second kappa shape index (κ2) is 7.89. The van der Waals surface area contributed by atoms with E-state index >= 15 is 0 Å². The largest absolute Gasteiger partial charge is 0.494 e. The van der Waals surface area contributed by atoms with Crippen LogP contribution in [0.15, 0.2) is 36.4 Å². The molecule has 4 rings (SSSR count). The van der Waals surface area contributed by atoms with Gasteiger partial charge in [-0.15, -0.1) is 11.3 Å². The van der Waals surface area contributed by atoms with Crippen LogP contribution < -0.4 is 4.74 Å². The van der Waals surface area contributed by atoms with Crippen LogP contribution in [-0.4, -0.2) is 31.1 Å². The highest BCUT2D eigenvalue weighted by atomic mass is 32.1. The van der Waals surface area contributed by atoms with Gasteiger partial charge in [0.2, 0.25) is 0 Å². The molecule has 1 aliphatic heterocycles. The van der Waals surface area contributed by atoms with Crippen LogP contribution in [0.2, 0.25) is 0 Å². The number of thiophene rings is 1. The number of carbonyl (C=O) groups is 1. The van der Waals surface area contributed by atoms with E-state index in [0.29, 0.717) is 35.5 Å². The molecule has 0 fully saturated rings. The number of carbonyl (C=O) groups excluding carboxylic acids is 1. The van der Waals surface area contributed by atoms with E-state index < -0.39 is 0 Å². The molecule has 0 aliphatic carbocycles. The van der Waals surface area contributed by atoms with Crippen molar-refractivity contribution in [3.05, 3.63) is 63.8 Å². The van der Waals surface area contributed by atoms with E-state index in [1.165, 1.54) is 23.0 Å². The molecule has 0 saturated carbocycles. The number of hydrogen-bond acceptors (Lipinski definition) is 4. The Morgan fingerprint density at radius 2 is 2.11 bits per heavy atom. The lowest BCUT2D eigenvalue weighted by atomic mass is 9.99. The second-order valence-corrected chi connectivity index (χ2v) is 7.85. The summed E-state index contributed by atoms with van der Waals surface area (Å²) in [6.07, 6.45) is 0.798. The van der Waals surface area contributed by atoms with E-state index in [0.717, 1.165) is 22.4 Å². The minimum atomic E-state index is -0.315. The Kier molecular flexibility index (Phi) is 5.33. The lowest BCUT2D eigenvalue weighted by Crippen LogP contribution is -2.36. The first-order valence-corrected chi connectivity index (χ1v) is 10.2. The molecule has 0 bridgehead atoms. The third kappa shape index (κ3) is 3.38. The van der Waals surface area contributed by atoms with Crippen molar-refractivity contribution in [3.8, 4) is 5.75 Å². The molecular weight excluding hydrogens is 377 g/mol. The average molecular weight is 399 g/mol. The van der Waals surface area contributed by atoms with E-state index in [1.807, 2.05) is 30.0 Å². The molecule has 6 heteroatoms. The van der Waals surface area contributed by atoms with Crippen LogP contribution in [0.4, 0.5) is 4.39 Å². The average Bonchev–Trinajstić information content (AvgIpc) is 3.07. The Bertz CT molecular complexity index is 1030. The van der Waals surface area contributed by atoms with Crippen LogP contribution in [0.3, 0.4) is 0 Å². The molecule has 0 spiro atoms. The fourth-order valence-electron chi connectivity index (χ4n) is 3.73. The van der Waals surface area contributed by atoms with Gasteiger partial charge in [0.25, 0.3) is 5.91 Å². The van der Waals surface area contributed by atoms with Gasteiger partial charge >= 0.3 is 0 Å². The van der Waals surface area contributed by atoms with Gasteiger partial charge < -0.3 is 14.4 Å². The van der Waals surface area contributed by atoms with Gasteiger partial charge in [-0.2, -0.15) is 0 Å². The molecule has 2 aromatic carbocycles. The molecule has 0 unspecified atom stereocenters. The number of fused-ring (bicyclic) bond motifs is 2. The smallest absolute Gasteiger partial charge is 0.264 e. The number of hydrogen-bond donors (Lipinski definition) is 0. The van der Waals surface area contributed by atoms with Gasteiger partial charge in [0.1, 0.15) is 11.6 Å². The number of halogens is 1. The second-order valence-electron chi connectivity index (χ2n) is 6.80. The normalized spacial score (nSPS) is 13.6. The molecule has 0 radical (unpaired) electrons. The Morgan fingerprint density at radius 3 is 2.89 bits per heavy atom. The molecule has 2 heterocycles. The lowest BCUT2D eigenvalue weighted by molar-refractivity contribution is 0.0735. The van der Waals surface area contributed by atoms with Crippen molar-refractivity contribution in [1.29, 1.82) is 0 Å². The zero-order valence-electron chi connectivity index (χ0n) is 16.0. The monoisotopic (exact) mass is 399 g/mol. The number of amides is 1. The topological polar surface area (TPSA) is 38.8 Å². The molecule has 3 aromatic rings. The maximum absolute atomic E-state index is 14.4. The number of benzene rings is 2. The number of ether oxygens (including phenoxy) is 2. The minimum absolute atomic E-state index is 0.0693. The highest BCUT2D eigenvalue weighted by Crippen LogP contribution is 2.35. The summed E-state index contributed by atoms with van der Waals surface area (Å²) in [5.74, 6) is 0.435. The van der Waals surface area contributed by atoms with Crippen LogP contribution in [0.25, 0.3) is 10.1 Å². The predicted octanol–water partition coefficient (Wildman–Crippen LogP) is 4.78. The van der Waals surface area contributed by atoms with Gasteiger partial charge in [0.15, 0.2) is 0 Å². The Labute approximate surface area is 167 Å². The molecule has 1 amide bonds. The zero-order chi connectivity index (χ0) is 19.7. The summed E-state index contributed by atoms with van der Waals surface area (Å²) in [5.41, 5.74) is 2.98. The summed E-state index contributed by atoms with van der Waals surface area (Å²) in [5, 5.41) is 0.494. The highest BCUT2D eigenvalue weighted by molar-refractivity contribution is 7.21. The fourth-order valence-corrected chi connectivity index (χ4v) is 4.92. The number of rotatable bonds is 5. The third-order valence-electron chi connectivity index (χ3n) is 5.03. The Balaban J connectivity index is 1.68. The van der Waals surface area contributed by atoms with Gasteiger partial charge in [0, 0.05) is 35.8 Å². The van der Waals surface area contributed by atoms with Crippen LogP contribution >= 0.6 is 11.3 Å². The molecule has 0 atom stereocenters. The standard InChI is InChI=1S/C22H22FNO3S/c1-3-27-16-8-7-14-9-10-24(12-15(14)11-16)22(25)21-17(13-26-2)20-18(23)5-4-6-19(20)28-21/h4-8,11H,3,9-10,12-13H2,1-2H3. The minimum Gasteiger partial charge on any atom is -0.494 e.